The number of carbonyl (C=O) groups is 1. The number of carboxylic acids is 1. The van der Waals surface area contributed by atoms with Gasteiger partial charge in [-0.25, -0.2) is 9.18 Å². The second-order valence-corrected chi connectivity index (χ2v) is 4.17. The summed E-state index contributed by atoms with van der Waals surface area (Å²) < 4.78 is 13.9. The molecule has 1 N–H and O–H groups in total. The molecule has 0 spiro atoms. The lowest BCUT2D eigenvalue weighted by molar-refractivity contribution is -0.131. The van der Waals surface area contributed by atoms with Crippen LogP contribution in [0, 0.1) is 5.82 Å². The van der Waals surface area contributed by atoms with Gasteiger partial charge in [0.25, 0.3) is 0 Å². The number of hydrogen-bond donors (Lipinski definition) is 1. The molecule has 74 valence electrons. The van der Waals surface area contributed by atoms with Gasteiger partial charge in [0.15, 0.2) is 0 Å². The lowest BCUT2D eigenvalue weighted by Gasteiger charge is -2.00. The fourth-order valence-corrected chi connectivity index (χ4v) is 1.67. The topological polar surface area (TPSA) is 37.3 Å². The van der Waals surface area contributed by atoms with Gasteiger partial charge >= 0.3 is 5.97 Å². The van der Waals surface area contributed by atoms with Gasteiger partial charge in [0, 0.05) is 10.5 Å². The number of halogens is 3. The number of benzene rings is 1. The second-order valence-electron chi connectivity index (χ2n) is 2.46. The van der Waals surface area contributed by atoms with E-state index in [1.54, 1.807) is 6.07 Å². The number of aliphatic carboxylic acids is 1. The molecule has 0 amide bonds. The van der Waals surface area contributed by atoms with Crippen LogP contribution < -0.4 is 0 Å². The molecule has 5 heteroatoms. The first-order chi connectivity index (χ1) is 6.50. The van der Waals surface area contributed by atoms with Crippen LogP contribution >= 0.6 is 31.9 Å². The molecule has 1 aromatic carbocycles. The summed E-state index contributed by atoms with van der Waals surface area (Å²) in [4.78, 5) is 10.2. The SMILES string of the molecule is O=C(O)/C=C/c1cc(Br)cc(F)c1Br. The Morgan fingerprint density at radius 2 is 2.07 bits per heavy atom. The van der Waals surface area contributed by atoms with E-state index in [-0.39, 0.29) is 4.47 Å². The first kappa shape index (κ1) is 11.4. The monoisotopic (exact) mass is 322 g/mol. The number of carboxylic acid groups (broad SMARTS) is 1. The highest BCUT2D eigenvalue weighted by Crippen LogP contribution is 2.26. The van der Waals surface area contributed by atoms with E-state index in [1.807, 2.05) is 0 Å². The van der Waals surface area contributed by atoms with Gasteiger partial charge in [-0.15, -0.1) is 0 Å². The zero-order valence-corrected chi connectivity index (χ0v) is 9.97. The standard InChI is InChI=1S/C9H5Br2FO2/c10-6-3-5(1-2-8(13)14)9(11)7(12)4-6/h1-4H,(H,13,14)/b2-1+. The van der Waals surface area contributed by atoms with E-state index < -0.39 is 11.8 Å². The maximum atomic E-state index is 13.1. The van der Waals surface area contributed by atoms with Crippen molar-refractivity contribution in [2.75, 3.05) is 0 Å². The van der Waals surface area contributed by atoms with E-state index in [9.17, 15) is 9.18 Å². The summed E-state index contributed by atoms with van der Waals surface area (Å²) in [6.07, 6.45) is 2.27. The molecule has 14 heavy (non-hydrogen) atoms. The van der Waals surface area contributed by atoms with Crippen LogP contribution in [0.2, 0.25) is 0 Å². The number of rotatable bonds is 2. The van der Waals surface area contributed by atoms with Crippen molar-refractivity contribution in [1.29, 1.82) is 0 Å². The minimum atomic E-state index is -1.07. The third-order valence-electron chi connectivity index (χ3n) is 1.43. The maximum Gasteiger partial charge on any atom is 0.328 e. The molecule has 0 saturated carbocycles. The molecule has 2 nitrogen and oxygen atoms in total. The summed E-state index contributed by atoms with van der Waals surface area (Å²) >= 11 is 6.14. The molecule has 0 unspecified atom stereocenters. The minimum Gasteiger partial charge on any atom is -0.478 e. The van der Waals surface area contributed by atoms with Crippen LogP contribution in [0.5, 0.6) is 0 Å². The van der Waals surface area contributed by atoms with Gasteiger partial charge in [-0.2, -0.15) is 0 Å². The van der Waals surface area contributed by atoms with Crippen molar-refractivity contribution in [1.82, 2.24) is 0 Å². The van der Waals surface area contributed by atoms with Crippen LogP contribution in [-0.2, 0) is 4.79 Å². The van der Waals surface area contributed by atoms with Crippen molar-refractivity contribution in [3.8, 4) is 0 Å². The molecular formula is C9H5Br2FO2. The summed E-state index contributed by atoms with van der Waals surface area (Å²) in [5, 5.41) is 8.40. The zero-order valence-electron chi connectivity index (χ0n) is 6.80. The highest BCUT2D eigenvalue weighted by molar-refractivity contribution is 9.11. The Kier molecular flexibility index (Phi) is 3.83. The fraction of sp³-hybridized carbons (Fsp3) is 0. The van der Waals surface area contributed by atoms with Crippen molar-refractivity contribution in [3.63, 3.8) is 0 Å². The van der Waals surface area contributed by atoms with Crippen LogP contribution in [-0.4, -0.2) is 11.1 Å². The normalized spacial score (nSPS) is 10.8. The molecule has 0 aliphatic heterocycles. The molecule has 0 heterocycles. The lowest BCUT2D eigenvalue weighted by Crippen LogP contribution is -1.88. The summed E-state index contributed by atoms with van der Waals surface area (Å²) in [6.45, 7) is 0. The average molecular weight is 324 g/mol. The highest BCUT2D eigenvalue weighted by Gasteiger charge is 2.05. The first-order valence-corrected chi connectivity index (χ1v) is 5.15. The minimum absolute atomic E-state index is 0.248. The molecule has 0 fully saturated rings. The Balaban J connectivity index is 3.14. The van der Waals surface area contributed by atoms with Crippen molar-refractivity contribution >= 4 is 43.9 Å². The van der Waals surface area contributed by atoms with Gasteiger partial charge in [-0.05, 0) is 39.7 Å². The van der Waals surface area contributed by atoms with Crippen molar-refractivity contribution < 1.29 is 14.3 Å². The van der Waals surface area contributed by atoms with Crippen LogP contribution in [0.1, 0.15) is 5.56 Å². The Labute approximate surface area is 96.7 Å². The molecule has 0 radical (unpaired) electrons. The number of hydrogen-bond acceptors (Lipinski definition) is 1. The summed E-state index contributed by atoms with van der Waals surface area (Å²) in [5.74, 6) is -1.51. The van der Waals surface area contributed by atoms with Crippen molar-refractivity contribution in [3.05, 3.63) is 38.5 Å². The van der Waals surface area contributed by atoms with Crippen molar-refractivity contribution in [2.45, 2.75) is 0 Å². The quantitative estimate of drug-likeness (QED) is 0.668. The van der Waals surface area contributed by atoms with E-state index in [0.29, 0.717) is 10.0 Å². The van der Waals surface area contributed by atoms with Crippen LogP contribution in [0.25, 0.3) is 6.08 Å². The van der Waals surface area contributed by atoms with Gasteiger partial charge in [0.05, 0.1) is 4.47 Å². The predicted octanol–water partition coefficient (Wildman–Crippen LogP) is 3.45. The average Bonchev–Trinajstić information content (AvgIpc) is 2.08. The Morgan fingerprint density at radius 1 is 1.43 bits per heavy atom. The van der Waals surface area contributed by atoms with E-state index >= 15 is 0 Å². The summed E-state index contributed by atoms with van der Waals surface area (Å²) in [6, 6.07) is 2.91. The van der Waals surface area contributed by atoms with Gasteiger partial charge < -0.3 is 5.11 Å². The molecule has 1 aromatic rings. The maximum absolute atomic E-state index is 13.1. The molecule has 0 atom stereocenters. The molecule has 0 aliphatic rings. The Hall–Kier alpha value is -0.680. The van der Waals surface area contributed by atoms with E-state index in [2.05, 4.69) is 31.9 Å². The van der Waals surface area contributed by atoms with Gasteiger partial charge in [0.1, 0.15) is 5.82 Å². The largest absolute Gasteiger partial charge is 0.478 e. The smallest absolute Gasteiger partial charge is 0.328 e. The molecule has 0 aliphatic carbocycles. The Morgan fingerprint density at radius 3 is 2.64 bits per heavy atom. The van der Waals surface area contributed by atoms with Gasteiger partial charge in [-0.1, -0.05) is 15.9 Å². The fourth-order valence-electron chi connectivity index (χ4n) is 0.858. The Bertz CT molecular complexity index is 402. The predicted molar refractivity (Wildman–Crippen MR) is 58.5 cm³/mol. The van der Waals surface area contributed by atoms with Crippen LogP contribution in [0.3, 0.4) is 0 Å². The van der Waals surface area contributed by atoms with Gasteiger partial charge in [-0.3, -0.25) is 0 Å². The molecule has 1 rings (SSSR count). The zero-order chi connectivity index (χ0) is 10.7. The molecule has 0 bridgehead atoms. The summed E-state index contributed by atoms with van der Waals surface area (Å²) in [7, 11) is 0. The van der Waals surface area contributed by atoms with E-state index in [0.717, 1.165) is 6.08 Å². The van der Waals surface area contributed by atoms with E-state index in [4.69, 9.17) is 5.11 Å². The molecular weight excluding hydrogens is 319 g/mol. The summed E-state index contributed by atoms with van der Waals surface area (Å²) in [5.41, 5.74) is 0.472. The molecule has 0 aromatic heterocycles. The molecule has 0 saturated heterocycles. The van der Waals surface area contributed by atoms with E-state index in [1.165, 1.54) is 12.1 Å². The highest BCUT2D eigenvalue weighted by atomic mass is 79.9. The first-order valence-electron chi connectivity index (χ1n) is 3.56. The van der Waals surface area contributed by atoms with Gasteiger partial charge in [0.2, 0.25) is 0 Å². The lowest BCUT2D eigenvalue weighted by atomic mass is 10.2. The van der Waals surface area contributed by atoms with Crippen LogP contribution in [0.4, 0.5) is 4.39 Å². The third kappa shape index (κ3) is 2.92. The third-order valence-corrected chi connectivity index (χ3v) is 2.72. The second kappa shape index (κ2) is 4.70. The van der Waals surface area contributed by atoms with Crippen LogP contribution in [0.15, 0.2) is 27.2 Å². The van der Waals surface area contributed by atoms with Crippen molar-refractivity contribution in [2.24, 2.45) is 0 Å².